The molecule has 4 rings (SSSR count). The molecule has 4 aromatic rings. The Balaban J connectivity index is 1.57. The first kappa shape index (κ1) is 23.0. The van der Waals surface area contributed by atoms with E-state index in [1.807, 2.05) is 66.7 Å². The van der Waals surface area contributed by atoms with Gasteiger partial charge in [-0.2, -0.15) is 5.10 Å². The maximum Gasteiger partial charge on any atom is 0.346 e. The van der Waals surface area contributed by atoms with Crippen molar-refractivity contribution in [1.82, 2.24) is 14.3 Å². The van der Waals surface area contributed by atoms with Crippen molar-refractivity contribution >= 4 is 5.97 Å². The summed E-state index contributed by atoms with van der Waals surface area (Å²) < 4.78 is 3.26. The molecule has 0 bridgehead atoms. The summed E-state index contributed by atoms with van der Waals surface area (Å²) in [6.45, 7) is 4.70. The van der Waals surface area contributed by atoms with Gasteiger partial charge >= 0.3 is 11.7 Å². The maximum atomic E-state index is 13.2. The number of aromatic nitrogens is 3. The summed E-state index contributed by atoms with van der Waals surface area (Å²) in [5.41, 5.74) is 3.72. The van der Waals surface area contributed by atoms with Crippen LogP contribution in [0.4, 0.5) is 0 Å². The number of carbonyl (C=O) groups is 1. The summed E-state index contributed by atoms with van der Waals surface area (Å²) in [5, 5.41) is 14.1. The molecule has 6 heteroatoms. The van der Waals surface area contributed by atoms with Crippen LogP contribution in [0, 0.1) is 0 Å². The molecule has 0 saturated carbocycles. The predicted molar refractivity (Wildman–Crippen MR) is 133 cm³/mol. The molecule has 0 amide bonds. The average Bonchev–Trinajstić information content (AvgIpc) is 3.16. The van der Waals surface area contributed by atoms with Gasteiger partial charge in [-0.3, -0.25) is 4.57 Å². The monoisotopic (exact) mass is 453 g/mol. The fourth-order valence-electron chi connectivity index (χ4n) is 3.98. The predicted octanol–water partition coefficient (Wildman–Crippen LogP) is 4.82. The van der Waals surface area contributed by atoms with Crippen molar-refractivity contribution < 1.29 is 9.90 Å². The van der Waals surface area contributed by atoms with Crippen molar-refractivity contribution in [3.8, 4) is 11.1 Å². The lowest BCUT2D eigenvalue weighted by Gasteiger charge is -2.09. The molecule has 1 aromatic heterocycles. The van der Waals surface area contributed by atoms with Crippen LogP contribution in [-0.4, -0.2) is 25.4 Å². The van der Waals surface area contributed by atoms with Crippen LogP contribution in [0.2, 0.25) is 0 Å². The van der Waals surface area contributed by atoms with Crippen molar-refractivity contribution in [3.63, 3.8) is 0 Å². The summed E-state index contributed by atoms with van der Waals surface area (Å²) in [6, 6.07) is 24.6. The Morgan fingerprint density at radius 1 is 0.912 bits per heavy atom. The van der Waals surface area contributed by atoms with Gasteiger partial charge in [0, 0.05) is 6.42 Å². The van der Waals surface area contributed by atoms with Gasteiger partial charge in [-0.05, 0) is 41.2 Å². The molecule has 0 fully saturated rings. The molecule has 0 spiro atoms. The number of aryl methyl sites for hydroxylation is 3. The van der Waals surface area contributed by atoms with Crippen molar-refractivity contribution in [1.29, 1.82) is 0 Å². The average molecular weight is 454 g/mol. The fraction of sp³-hybridized carbons (Fsp3) is 0.179. The summed E-state index contributed by atoms with van der Waals surface area (Å²) >= 11 is 0. The highest BCUT2D eigenvalue weighted by Crippen LogP contribution is 2.24. The number of nitrogens with zero attached hydrogens (tertiary/aromatic N) is 3. The highest BCUT2D eigenvalue weighted by atomic mass is 16.4. The smallest absolute Gasteiger partial charge is 0.346 e. The Labute approximate surface area is 198 Å². The molecule has 6 nitrogen and oxygen atoms in total. The Kier molecular flexibility index (Phi) is 7.18. The molecule has 0 aliphatic heterocycles. The lowest BCUT2D eigenvalue weighted by molar-refractivity contribution is 0.0697. The van der Waals surface area contributed by atoms with Crippen LogP contribution in [0.3, 0.4) is 0 Å². The van der Waals surface area contributed by atoms with Crippen LogP contribution in [0.25, 0.3) is 11.1 Å². The molecular formula is C28H27N3O3. The van der Waals surface area contributed by atoms with E-state index in [4.69, 9.17) is 0 Å². The van der Waals surface area contributed by atoms with Crippen LogP contribution < -0.4 is 5.69 Å². The van der Waals surface area contributed by atoms with Crippen molar-refractivity contribution in [2.75, 3.05) is 0 Å². The van der Waals surface area contributed by atoms with Gasteiger partial charge in [0.25, 0.3) is 0 Å². The Morgan fingerprint density at radius 3 is 2.32 bits per heavy atom. The molecular weight excluding hydrogens is 426 g/mol. The Hall–Kier alpha value is -4.19. The summed E-state index contributed by atoms with van der Waals surface area (Å²) in [5.74, 6) is -0.223. The molecule has 3 aromatic carbocycles. The number of benzene rings is 3. The van der Waals surface area contributed by atoms with Gasteiger partial charge in [0.1, 0.15) is 5.82 Å². The maximum absolute atomic E-state index is 13.2. The third-order valence-electron chi connectivity index (χ3n) is 5.79. The highest BCUT2D eigenvalue weighted by molar-refractivity contribution is 5.95. The lowest BCUT2D eigenvalue weighted by atomic mass is 9.99. The Morgan fingerprint density at radius 2 is 1.62 bits per heavy atom. The van der Waals surface area contributed by atoms with E-state index in [1.54, 1.807) is 27.4 Å². The highest BCUT2D eigenvalue weighted by Gasteiger charge is 2.14. The number of carboxylic acid groups (broad SMARTS) is 1. The second kappa shape index (κ2) is 10.6. The molecule has 0 atom stereocenters. The van der Waals surface area contributed by atoms with Gasteiger partial charge in [-0.1, -0.05) is 78.9 Å². The largest absolute Gasteiger partial charge is 0.478 e. The topological polar surface area (TPSA) is 77.1 Å². The molecule has 0 radical (unpaired) electrons. The Bertz CT molecular complexity index is 1340. The third-order valence-corrected chi connectivity index (χ3v) is 5.79. The summed E-state index contributed by atoms with van der Waals surface area (Å²) in [6.07, 6.45) is 3.93. The zero-order valence-corrected chi connectivity index (χ0v) is 18.9. The van der Waals surface area contributed by atoms with E-state index in [0.29, 0.717) is 25.1 Å². The molecule has 0 aliphatic rings. The van der Waals surface area contributed by atoms with Gasteiger partial charge < -0.3 is 5.11 Å². The second-order valence-corrected chi connectivity index (χ2v) is 8.12. The quantitative estimate of drug-likeness (QED) is 0.349. The number of hydrogen-bond donors (Lipinski definition) is 1. The first-order chi connectivity index (χ1) is 16.6. The number of aromatic carboxylic acids is 1. The zero-order chi connectivity index (χ0) is 23.9. The third kappa shape index (κ3) is 5.23. The van der Waals surface area contributed by atoms with Gasteiger partial charge in [-0.25, -0.2) is 14.3 Å². The molecule has 1 N–H and O–H groups in total. The van der Waals surface area contributed by atoms with E-state index in [1.165, 1.54) is 0 Å². The zero-order valence-electron chi connectivity index (χ0n) is 18.9. The molecule has 1 heterocycles. The number of carboxylic acids is 1. The minimum absolute atomic E-state index is 0.129. The van der Waals surface area contributed by atoms with E-state index in [9.17, 15) is 14.7 Å². The number of allylic oxidation sites excluding steroid dienone is 1. The first-order valence-corrected chi connectivity index (χ1v) is 11.3. The molecule has 34 heavy (non-hydrogen) atoms. The van der Waals surface area contributed by atoms with E-state index < -0.39 is 5.97 Å². The normalized spacial score (nSPS) is 10.8. The standard InChI is InChI=1S/C28H27N3O3/c1-2-3-13-26-29-31(19-18-21-9-5-4-6-10-21)28(34)30(26)20-22-14-16-23(17-15-22)24-11-7-8-12-25(24)27(32)33/h2,4-12,14-17H,1,3,13,18-20H2,(H,32,33). The second-order valence-electron chi connectivity index (χ2n) is 8.12. The van der Waals surface area contributed by atoms with Gasteiger partial charge in [-0.15, -0.1) is 6.58 Å². The molecule has 0 aliphatic carbocycles. The van der Waals surface area contributed by atoms with Gasteiger partial charge in [0.2, 0.25) is 0 Å². The lowest BCUT2D eigenvalue weighted by Crippen LogP contribution is -2.26. The van der Waals surface area contributed by atoms with Crippen LogP contribution in [-0.2, 0) is 25.9 Å². The number of rotatable bonds is 10. The van der Waals surface area contributed by atoms with E-state index >= 15 is 0 Å². The first-order valence-electron chi connectivity index (χ1n) is 11.3. The van der Waals surface area contributed by atoms with Crippen LogP contribution in [0.5, 0.6) is 0 Å². The summed E-state index contributed by atoms with van der Waals surface area (Å²) in [4.78, 5) is 24.7. The molecule has 0 saturated heterocycles. The van der Waals surface area contributed by atoms with Crippen molar-refractivity contribution in [3.05, 3.63) is 125 Å². The SMILES string of the molecule is C=CCCc1nn(CCc2ccccc2)c(=O)n1Cc1ccc(-c2ccccc2C(=O)O)cc1. The minimum atomic E-state index is -0.957. The summed E-state index contributed by atoms with van der Waals surface area (Å²) in [7, 11) is 0. The molecule has 172 valence electrons. The number of hydrogen-bond acceptors (Lipinski definition) is 3. The molecule has 0 unspecified atom stereocenters. The van der Waals surface area contributed by atoms with Crippen LogP contribution in [0.15, 0.2) is 96.3 Å². The van der Waals surface area contributed by atoms with E-state index in [0.717, 1.165) is 35.4 Å². The van der Waals surface area contributed by atoms with Crippen molar-refractivity contribution in [2.45, 2.75) is 32.4 Å². The van der Waals surface area contributed by atoms with Crippen LogP contribution in [0.1, 0.15) is 33.7 Å². The van der Waals surface area contributed by atoms with E-state index in [-0.39, 0.29) is 11.3 Å². The fourth-order valence-corrected chi connectivity index (χ4v) is 3.98. The van der Waals surface area contributed by atoms with Gasteiger partial charge in [0.05, 0.1) is 18.7 Å². The van der Waals surface area contributed by atoms with Crippen molar-refractivity contribution in [2.24, 2.45) is 0 Å². The van der Waals surface area contributed by atoms with Gasteiger partial charge in [0.15, 0.2) is 0 Å². The minimum Gasteiger partial charge on any atom is -0.478 e. The van der Waals surface area contributed by atoms with E-state index in [2.05, 4.69) is 11.7 Å². The van der Waals surface area contributed by atoms with Crippen LogP contribution >= 0.6 is 0 Å².